The van der Waals surface area contributed by atoms with Crippen LogP contribution in [0, 0.1) is 0 Å². The van der Waals surface area contributed by atoms with Gasteiger partial charge in [-0.3, -0.25) is 4.79 Å². The Morgan fingerprint density at radius 3 is 1.81 bits per heavy atom. The maximum atomic E-state index is 11.6. The van der Waals surface area contributed by atoms with Crippen LogP contribution in [-0.2, 0) is 27.2 Å². The summed E-state index contributed by atoms with van der Waals surface area (Å²) in [7, 11) is 0. The van der Waals surface area contributed by atoms with E-state index in [2.05, 4.69) is 53.2 Å². The molecule has 0 saturated heterocycles. The predicted molar refractivity (Wildman–Crippen MR) is 153 cm³/mol. The van der Waals surface area contributed by atoms with Crippen LogP contribution in [0.5, 0.6) is 0 Å². The predicted octanol–water partition coefficient (Wildman–Crippen LogP) is 5.18. The molecule has 2 atom stereocenters. The number of hydrogen-bond donors (Lipinski definition) is 3. The zero-order valence-electron chi connectivity index (χ0n) is 19.5. The number of aliphatic carboxylic acids is 1. The van der Waals surface area contributed by atoms with Crippen LogP contribution in [0.4, 0.5) is 0 Å². The summed E-state index contributed by atoms with van der Waals surface area (Å²) >= 11 is 8.49. The van der Waals surface area contributed by atoms with E-state index in [0.29, 0.717) is 19.3 Å². The molecule has 0 aliphatic carbocycles. The Labute approximate surface area is 233 Å². The summed E-state index contributed by atoms with van der Waals surface area (Å²) in [6.45, 7) is 0.448. The molecule has 0 unspecified atom stereocenters. The van der Waals surface area contributed by atoms with E-state index in [1.807, 2.05) is 17.5 Å². The van der Waals surface area contributed by atoms with E-state index >= 15 is 0 Å². The van der Waals surface area contributed by atoms with Crippen molar-refractivity contribution in [3.8, 4) is 39.0 Å². The van der Waals surface area contributed by atoms with Gasteiger partial charge in [0.05, 0.1) is 6.42 Å². The van der Waals surface area contributed by atoms with Crippen LogP contribution in [0.3, 0.4) is 0 Å². The summed E-state index contributed by atoms with van der Waals surface area (Å²) in [5.41, 5.74) is 9.92. The van der Waals surface area contributed by atoms with E-state index in [1.165, 1.54) is 14.6 Å². The molecule has 5 heterocycles. The highest BCUT2D eigenvalue weighted by atomic mass is 32.1. The number of rotatable bonds is 11. The van der Waals surface area contributed by atoms with Crippen molar-refractivity contribution in [2.45, 2.75) is 25.1 Å². The zero-order chi connectivity index (χ0) is 25.9. The molecule has 0 saturated carbocycles. The molecule has 6 nitrogen and oxygen atoms in total. The fraction of sp³-hybridized carbons (Fsp3) is 0.154. The molecule has 0 amide bonds. The van der Waals surface area contributed by atoms with Gasteiger partial charge in [-0.25, -0.2) is 4.79 Å². The van der Waals surface area contributed by atoms with E-state index in [0.717, 1.165) is 35.5 Å². The Morgan fingerprint density at radius 2 is 1.35 bits per heavy atom. The Balaban J connectivity index is 1.54. The third-order valence-electron chi connectivity index (χ3n) is 5.71. The molecule has 0 aromatic carbocycles. The molecular weight excluding hydrogens is 565 g/mol. The summed E-state index contributed by atoms with van der Waals surface area (Å²) in [4.78, 5) is 31.5. The van der Waals surface area contributed by atoms with Gasteiger partial charge < -0.3 is 21.3 Å². The molecule has 190 valence electrons. The molecule has 0 aliphatic rings. The molecule has 5 rings (SSSR count). The first-order valence-electron chi connectivity index (χ1n) is 11.3. The minimum Gasteiger partial charge on any atom is -0.477 e. The van der Waals surface area contributed by atoms with Crippen LogP contribution >= 0.6 is 56.7 Å². The quantitative estimate of drug-likeness (QED) is 0.145. The standard InChI is InChI=1S/C26H22N2O4S5/c27-16(26(30)31)9-14-10-21(17-3-1-7-33-17)36-24(14)19-5-6-20(35-19)25-15(12-23(28)32-13-29)11-22(37-25)18-4-2-8-34-18/h1-8,10-11,13,16,23H,9,12,27-28H2,(H,30,31)/p+2/t16-,23-/m0/s1. The summed E-state index contributed by atoms with van der Waals surface area (Å²) in [5.74, 6) is -0.897. The first-order valence-corrected chi connectivity index (χ1v) is 15.6. The third-order valence-corrected chi connectivity index (χ3v) is 11.6. The first-order chi connectivity index (χ1) is 17.9. The van der Waals surface area contributed by atoms with Crippen molar-refractivity contribution >= 4 is 69.1 Å². The fourth-order valence-electron chi connectivity index (χ4n) is 3.96. The van der Waals surface area contributed by atoms with Gasteiger partial charge in [-0.15, -0.1) is 56.7 Å². The van der Waals surface area contributed by atoms with Crippen LogP contribution in [-0.4, -0.2) is 29.8 Å². The van der Waals surface area contributed by atoms with Gasteiger partial charge in [0.15, 0.2) is 6.04 Å². The summed E-state index contributed by atoms with van der Waals surface area (Å²) < 4.78 is 5.09. The lowest BCUT2D eigenvalue weighted by Crippen LogP contribution is -2.65. The van der Waals surface area contributed by atoms with Gasteiger partial charge >= 0.3 is 5.97 Å². The molecule has 7 N–H and O–H groups in total. The average molecular weight is 589 g/mol. The number of hydrogen-bond acceptors (Lipinski definition) is 8. The lowest BCUT2D eigenvalue weighted by molar-refractivity contribution is -0.477. The van der Waals surface area contributed by atoms with Crippen molar-refractivity contribution in [3.05, 3.63) is 70.4 Å². The number of carbonyl (C=O) groups excluding carboxylic acids is 1. The average Bonchev–Trinajstić information content (AvgIpc) is 3.69. The molecular formula is C26H24N2O4S5+2. The topological polar surface area (TPSA) is 119 Å². The van der Waals surface area contributed by atoms with Crippen LogP contribution in [0.2, 0.25) is 0 Å². The number of thiophene rings is 5. The molecule has 0 radical (unpaired) electrons. The van der Waals surface area contributed by atoms with Crippen LogP contribution in [0.15, 0.2) is 59.3 Å². The maximum Gasteiger partial charge on any atom is 0.362 e. The van der Waals surface area contributed by atoms with Crippen LogP contribution < -0.4 is 11.5 Å². The number of carboxylic acid groups (broad SMARTS) is 1. The SMILES string of the molecule is [NH3+][C@H](Cc1cc(-c2cccs2)sc1-c1ccc(-c2sc(-c3cccs3)cc2C[C@H]([NH3+])C(=O)O)s1)OC=O. The van der Waals surface area contributed by atoms with E-state index in [9.17, 15) is 14.7 Å². The number of ether oxygens (including phenoxy) is 1. The van der Waals surface area contributed by atoms with Crippen molar-refractivity contribution < 1.29 is 30.9 Å². The normalized spacial score (nSPS) is 12.9. The minimum absolute atomic E-state index is 0.374. The molecule has 11 heteroatoms. The second kappa shape index (κ2) is 11.4. The summed E-state index contributed by atoms with van der Waals surface area (Å²) in [6, 6.07) is 16.1. The zero-order valence-corrected chi connectivity index (χ0v) is 23.6. The third kappa shape index (κ3) is 5.78. The van der Waals surface area contributed by atoms with Crippen molar-refractivity contribution in [2.75, 3.05) is 0 Å². The van der Waals surface area contributed by atoms with E-state index in [1.54, 1.807) is 56.7 Å². The van der Waals surface area contributed by atoms with Crippen LogP contribution in [0.1, 0.15) is 11.1 Å². The molecule has 5 aromatic heterocycles. The highest BCUT2D eigenvalue weighted by Crippen LogP contribution is 2.47. The molecule has 0 bridgehead atoms. The smallest absolute Gasteiger partial charge is 0.362 e. The van der Waals surface area contributed by atoms with Gasteiger partial charge in [-0.2, -0.15) is 0 Å². The Hall–Kier alpha value is -2.64. The van der Waals surface area contributed by atoms with Crippen molar-refractivity contribution in [2.24, 2.45) is 0 Å². The fourth-order valence-corrected chi connectivity index (χ4v) is 9.30. The van der Waals surface area contributed by atoms with E-state index in [4.69, 9.17) is 4.74 Å². The highest BCUT2D eigenvalue weighted by Gasteiger charge is 2.24. The molecule has 37 heavy (non-hydrogen) atoms. The number of quaternary nitrogens is 2. The minimum atomic E-state index is -0.897. The Bertz CT molecular complexity index is 1500. The number of carboxylic acids is 1. The number of carbonyl (C=O) groups is 2. The van der Waals surface area contributed by atoms with Gasteiger partial charge in [-0.05, 0) is 58.3 Å². The van der Waals surface area contributed by atoms with Crippen molar-refractivity contribution in [1.29, 1.82) is 0 Å². The van der Waals surface area contributed by atoms with Gasteiger partial charge in [0.1, 0.15) is 0 Å². The van der Waals surface area contributed by atoms with Gasteiger partial charge in [-0.1, -0.05) is 12.1 Å². The summed E-state index contributed by atoms with van der Waals surface area (Å²) in [6.07, 6.45) is 0.431. The lowest BCUT2D eigenvalue weighted by atomic mass is 10.1. The molecule has 0 spiro atoms. The van der Waals surface area contributed by atoms with Gasteiger partial charge in [0, 0.05) is 45.4 Å². The molecule has 0 aliphatic heterocycles. The van der Waals surface area contributed by atoms with Crippen molar-refractivity contribution in [3.63, 3.8) is 0 Å². The Morgan fingerprint density at radius 1 is 0.811 bits per heavy atom. The van der Waals surface area contributed by atoms with E-state index in [-0.39, 0.29) is 0 Å². The first kappa shape index (κ1) is 26.0. The second-order valence-corrected chi connectivity index (χ2v) is 13.4. The highest BCUT2D eigenvalue weighted by molar-refractivity contribution is 7.29. The monoisotopic (exact) mass is 588 g/mol. The van der Waals surface area contributed by atoms with E-state index < -0.39 is 18.2 Å². The molecule has 0 fully saturated rings. The lowest BCUT2D eigenvalue weighted by Gasteiger charge is -2.06. The molecule has 5 aromatic rings. The largest absolute Gasteiger partial charge is 0.477 e. The Kier molecular flexibility index (Phi) is 8.01. The van der Waals surface area contributed by atoms with Gasteiger partial charge in [0.2, 0.25) is 6.23 Å². The van der Waals surface area contributed by atoms with Gasteiger partial charge in [0.25, 0.3) is 6.47 Å². The van der Waals surface area contributed by atoms with Crippen molar-refractivity contribution in [1.82, 2.24) is 0 Å². The maximum absolute atomic E-state index is 11.6. The summed E-state index contributed by atoms with van der Waals surface area (Å²) in [5, 5.41) is 13.6. The second-order valence-electron chi connectivity index (χ2n) is 8.35. The van der Waals surface area contributed by atoms with Crippen LogP contribution in [0.25, 0.3) is 39.0 Å².